The van der Waals surface area contributed by atoms with Gasteiger partial charge in [0.15, 0.2) is 0 Å². The maximum atomic E-state index is 5.68. The monoisotopic (exact) mass is 262 g/mol. The standard InChI is InChI=1S/C12H11BrN2/c1-8-6-9(7-15-12(8)14)10-4-2-3-5-11(10)13/h2-7H,1H3,(H2,14,15). The van der Waals surface area contributed by atoms with Gasteiger partial charge < -0.3 is 5.73 Å². The van der Waals surface area contributed by atoms with E-state index in [1.54, 1.807) is 6.20 Å². The molecule has 0 amide bonds. The lowest BCUT2D eigenvalue weighted by Gasteiger charge is -2.06. The van der Waals surface area contributed by atoms with E-state index in [9.17, 15) is 0 Å². The Bertz CT molecular complexity index is 495. The van der Waals surface area contributed by atoms with Crippen molar-refractivity contribution in [2.75, 3.05) is 5.73 Å². The quantitative estimate of drug-likeness (QED) is 0.856. The SMILES string of the molecule is Cc1cc(-c2ccccc2Br)cnc1N. The highest BCUT2D eigenvalue weighted by Gasteiger charge is 2.03. The summed E-state index contributed by atoms with van der Waals surface area (Å²) in [6, 6.07) is 10.1. The molecule has 2 rings (SSSR count). The second kappa shape index (κ2) is 4.03. The van der Waals surface area contributed by atoms with Gasteiger partial charge in [0.2, 0.25) is 0 Å². The Morgan fingerprint density at radius 1 is 1.27 bits per heavy atom. The summed E-state index contributed by atoms with van der Waals surface area (Å²) in [5.41, 5.74) is 8.90. The predicted octanol–water partition coefficient (Wildman–Crippen LogP) is 3.40. The molecule has 0 aliphatic carbocycles. The molecule has 2 aromatic rings. The van der Waals surface area contributed by atoms with E-state index in [2.05, 4.69) is 27.0 Å². The highest BCUT2D eigenvalue weighted by molar-refractivity contribution is 9.10. The van der Waals surface area contributed by atoms with Crippen LogP contribution >= 0.6 is 15.9 Å². The molecule has 0 atom stereocenters. The third kappa shape index (κ3) is 2.02. The number of halogens is 1. The van der Waals surface area contributed by atoms with Crippen molar-refractivity contribution in [3.8, 4) is 11.1 Å². The summed E-state index contributed by atoms with van der Waals surface area (Å²) in [4.78, 5) is 4.15. The normalized spacial score (nSPS) is 10.3. The molecule has 3 heteroatoms. The maximum absolute atomic E-state index is 5.68. The van der Waals surface area contributed by atoms with E-state index in [1.165, 1.54) is 0 Å². The van der Waals surface area contributed by atoms with E-state index in [1.807, 2.05) is 31.2 Å². The molecule has 0 aliphatic rings. The average Bonchev–Trinajstić information content (AvgIpc) is 2.23. The Morgan fingerprint density at radius 2 is 2.00 bits per heavy atom. The Labute approximate surface area is 97.3 Å². The molecular formula is C12H11BrN2. The highest BCUT2D eigenvalue weighted by Crippen LogP contribution is 2.28. The Morgan fingerprint density at radius 3 is 2.67 bits per heavy atom. The van der Waals surface area contributed by atoms with Crippen LogP contribution in [0.25, 0.3) is 11.1 Å². The van der Waals surface area contributed by atoms with Gasteiger partial charge in [0.05, 0.1) is 0 Å². The minimum absolute atomic E-state index is 0.589. The molecule has 0 spiro atoms. The van der Waals surface area contributed by atoms with Crippen molar-refractivity contribution < 1.29 is 0 Å². The second-order valence-electron chi connectivity index (χ2n) is 3.41. The van der Waals surface area contributed by atoms with Crippen LogP contribution < -0.4 is 5.73 Å². The van der Waals surface area contributed by atoms with Gasteiger partial charge in [0, 0.05) is 16.2 Å². The minimum atomic E-state index is 0.589. The molecule has 1 heterocycles. The van der Waals surface area contributed by atoms with Gasteiger partial charge in [-0.15, -0.1) is 0 Å². The van der Waals surface area contributed by atoms with Gasteiger partial charge in [-0.25, -0.2) is 4.98 Å². The van der Waals surface area contributed by atoms with Crippen LogP contribution in [0, 0.1) is 6.92 Å². The van der Waals surface area contributed by atoms with Gasteiger partial charge >= 0.3 is 0 Å². The zero-order valence-electron chi connectivity index (χ0n) is 8.37. The first kappa shape index (κ1) is 10.2. The number of hydrogen-bond acceptors (Lipinski definition) is 2. The molecule has 0 aliphatic heterocycles. The highest BCUT2D eigenvalue weighted by atomic mass is 79.9. The number of benzene rings is 1. The van der Waals surface area contributed by atoms with Crippen molar-refractivity contribution in [3.05, 3.63) is 46.6 Å². The van der Waals surface area contributed by atoms with Crippen molar-refractivity contribution in [3.63, 3.8) is 0 Å². The summed E-state index contributed by atoms with van der Waals surface area (Å²) in [6.07, 6.45) is 1.79. The average molecular weight is 263 g/mol. The number of rotatable bonds is 1. The first-order valence-electron chi connectivity index (χ1n) is 4.65. The Hall–Kier alpha value is -1.35. The third-order valence-electron chi connectivity index (χ3n) is 2.30. The zero-order chi connectivity index (χ0) is 10.8. The van der Waals surface area contributed by atoms with Crippen LogP contribution in [0.4, 0.5) is 5.82 Å². The van der Waals surface area contributed by atoms with Crippen molar-refractivity contribution in [2.24, 2.45) is 0 Å². The summed E-state index contributed by atoms with van der Waals surface area (Å²) in [5.74, 6) is 0.589. The fourth-order valence-corrected chi connectivity index (χ4v) is 1.94. The molecule has 0 fully saturated rings. The van der Waals surface area contributed by atoms with Gasteiger partial charge in [-0.3, -0.25) is 0 Å². The van der Waals surface area contributed by atoms with Crippen LogP contribution in [-0.4, -0.2) is 4.98 Å². The molecule has 1 aromatic heterocycles. The molecule has 76 valence electrons. The summed E-state index contributed by atoms with van der Waals surface area (Å²) in [7, 11) is 0. The van der Waals surface area contributed by atoms with Crippen LogP contribution in [0.3, 0.4) is 0 Å². The minimum Gasteiger partial charge on any atom is -0.383 e. The van der Waals surface area contributed by atoms with Crippen LogP contribution in [-0.2, 0) is 0 Å². The van der Waals surface area contributed by atoms with Gasteiger partial charge in [-0.1, -0.05) is 34.1 Å². The van der Waals surface area contributed by atoms with Crippen molar-refractivity contribution in [2.45, 2.75) is 6.92 Å². The molecule has 2 nitrogen and oxygen atoms in total. The molecule has 0 saturated carbocycles. The van der Waals surface area contributed by atoms with Gasteiger partial charge in [0.1, 0.15) is 5.82 Å². The summed E-state index contributed by atoms with van der Waals surface area (Å²) in [5, 5.41) is 0. The fraction of sp³-hybridized carbons (Fsp3) is 0.0833. The number of aromatic nitrogens is 1. The first-order valence-corrected chi connectivity index (χ1v) is 5.45. The van der Waals surface area contributed by atoms with Gasteiger partial charge in [0.25, 0.3) is 0 Å². The molecule has 2 N–H and O–H groups in total. The number of hydrogen-bond donors (Lipinski definition) is 1. The number of pyridine rings is 1. The lowest BCUT2D eigenvalue weighted by atomic mass is 10.1. The van der Waals surface area contributed by atoms with E-state index >= 15 is 0 Å². The zero-order valence-corrected chi connectivity index (χ0v) is 9.95. The number of aryl methyl sites for hydroxylation is 1. The molecule has 1 aromatic carbocycles. The summed E-state index contributed by atoms with van der Waals surface area (Å²) >= 11 is 3.52. The van der Waals surface area contributed by atoms with Crippen LogP contribution in [0.5, 0.6) is 0 Å². The van der Waals surface area contributed by atoms with Crippen molar-refractivity contribution in [1.82, 2.24) is 4.98 Å². The predicted molar refractivity (Wildman–Crippen MR) is 66.5 cm³/mol. The van der Waals surface area contributed by atoms with Crippen LogP contribution in [0.2, 0.25) is 0 Å². The molecule has 0 saturated heterocycles. The summed E-state index contributed by atoms with van der Waals surface area (Å²) in [6.45, 7) is 1.96. The topological polar surface area (TPSA) is 38.9 Å². The number of nitrogen functional groups attached to an aromatic ring is 1. The largest absolute Gasteiger partial charge is 0.383 e. The Kier molecular flexibility index (Phi) is 2.73. The smallest absolute Gasteiger partial charge is 0.126 e. The van der Waals surface area contributed by atoms with Gasteiger partial charge in [-0.05, 0) is 30.2 Å². The van der Waals surface area contributed by atoms with Crippen LogP contribution in [0.15, 0.2) is 41.0 Å². The van der Waals surface area contributed by atoms with E-state index in [-0.39, 0.29) is 0 Å². The summed E-state index contributed by atoms with van der Waals surface area (Å²) < 4.78 is 1.07. The van der Waals surface area contributed by atoms with E-state index in [0.29, 0.717) is 5.82 Å². The second-order valence-corrected chi connectivity index (χ2v) is 4.26. The molecule has 0 bridgehead atoms. The van der Waals surface area contributed by atoms with E-state index < -0.39 is 0 Å². The molecule has 15 heavy (non-hydrogen) atoms. The lowest BCUT2D eigenvalue weighted by Crippen LogP contribution is -1.94. The molecule has 0 unspecified atom stereocenters. The van der Waals surface area contributed by atoms with Crippen molar-refractivity contribution >= 4 is 21.7 Å². The first-order chi connectivity index (χ1) is 7.18. The molecular weight excluding hydrogens is 252 g/mol. The number of nitrogens with two attached hydrogens (primary N) is 1. The Balaban J connectivity index is 2.55. The lowest BCUT2D eigenvalue weighted by molar-refractivity contribution is 1.28. The number of anilines is 1. The maximum Gasteiger partial charge on any atom is 0.126 e. The fourth-order valence-electron chi connectivity index (χ4n) is 1.43. The molecule has 0 radical (unpaired) electrons. The van der Waals surface area contributed by atoms with Crippen LogP contribution in [0.1, 0.15) is 5.56 Å². The van der Waals surface area contributed by atoms with Crippen molar-refractivity contribution in [1.29, 1.82) is 0 Å². The van der Waals surface area contributed by atoms with Gasteiger partial charge in [-0.2, -0.15) is 0 Å². The van der Waals surface area contributed by atoms with E-state index in [0.717, 1.165) is 21.2 Å². The number of nitrogens with zero attached hydrogens (tertiary/aromatic N) is 1. The third-order valence-corrected chi connectivity index (χ3v) is 3.00. The van der Waals surface area contributed by atoms with E-state index in [4.69, 9.17) is 5.73 Å².